The summed E-state index contributed by atoms with van der Waals surface area (Å²) in [5, 5.41) is 6.11. The Labute approximate surface area is 202 Å². The lowest BCUT2D eigenvalue weighted by Crippen LogP contribution is -2.63. The summed E-state index contributed by atoms with van der Waals surface area (Å²) in [7, 11) is 0. The number of hydrogen-bond acceptors (Lipinski definition) is 6. The van der Waals surface area contributed by atoms with Gasteiger partial charge in [0.25, 0.3) is 0 Å². The lowest BCUT2D eigenvalue weighted by molar-refractivity contribution is -0.137. The number of amides is 1. The second-order valence-corrected chi connectivity index (χ2v) is 9.67. The zero-order valence-electron chi connectivity index (χ0n) is 19.4. The van der Waals surface area contributed by atoms with E-state index in [9.17, 15) is 18.0 Å². The van der Waals surface area contributed by atoms with Gasteiger partial charge in [-0.3, -0.25) is 9.69 Å². The topological polar surface area (TPSA) is 79.4 Å². The molecular weight excluding hydrogens is 459 g/mol. The average molecular weight is 490 g/mol. The highest BCUT2D eigenvalue weighted by Crippen LogP contribution is 2.35. The normalized spacial score (nSPS) is 25.9. The molecule has 0 bridgehead atoms. The van der Waals surface area contributed by atoms with Crippen LogP contribution in [0.1, 0.15) is 37.7 Å². The maximum Gasteiger partial charge on any atom is 0.416 e. The molecule has 1 unspecified atom stereocenters. The van der Waals surface area contributed by atoms with E-state index in [1.54, 1.807) is 0 Å². The van der Waals surface area contributed by atoms with Crippen LogP contribution in [0.25, 0.3) is 10.9 Å². The van der Waals surface area contributed by atoms with Gasteiger partial charge in [-0.05, 0) is 56.2 Å². The van der Waals surface area contributed by atoms with Gasteiger partial charge in [-0.25, -0.2) is 9.97 Å². The number of nitrogens with one attached hydrogen (secondary N) is 2. The third-order valence-electron chi connectivity index (χ3n) is 7.38. The molecule has 188 valence electrons. The van der Waals surface area contributed by atoms with E-state index in [0.717, 1.165) is 51.1 Å². The van der Waals surface area contributed by atoms with E-state index in [-0.39, 0.29) is 29.7 Å². The molecule has 0 radical (unpaired) electrons. The van der Waals surface area contributed by atoms with E-state index >= 15 is 0 Å². The molecule has 3 heterocycles. The fourth-order valence-corrected chi connectivity index (χ4v) is 5.43. The molecule has 2 N–H and O–H groups in total. The fraction of sp³-hybridized carbons (Fsp3) is 0.560. The van der Waals surface area contributed by atoms with Crippen LogP contribution in [0.2, 0.25) is 0 Å². The summed E-state index contributed by atoms with van der Waals surface area (Å²) in [5.74, 6) is 0.643. The van der Waals surface area contributed by atoms with Crippen LogP contribution in [0.3, 0.4) is 0 Å². The minimum Gasteiger partial charge on any atom is -0.374 e. The summed E-state index contributed by atoms with van der Waals surface area (Å²) in [6, 6.07) is 3.95. The summed E-state index contributed by atoms with van der Waals surface area (Å²) in [5.41, 5.74) is -0.397. The summed E-state index contributed by atoms with van der Waals surface area (Å²) < 4.78 is 45.2. The van der Waals surface area contributed by atoms with Gasteiger partial charge < -0.3 is 15.4 Å². The summed E-state index contributed by atoms with van der Waals surface area (Å²) in [4.78, 5) is 22.9. The lowest BCUT2D eigenvalue weighted by atomic mass is 9.80. The number of halogens is 3. The highest BCUT2D eigenvalue weighted by atomic mass is 19.4. The minimum atomic E-state index is -4.46. The molecule has 2 aliphatic heterocycles. The van der Waals surface area contributed by atoms with E-state index in [1.165, 1.54) is 25.2 Å². The molecule has 0 spiro atoms. The fourth-order valence-electron chi connectivity index (χ4n) is 5.43. The second kappa shape index (κ2) is 10.1. The van der Waals surface area contributed by atoms with Gasteiger partial charge in [-0.2, -0.15) is 13.2 Å². The van der Waals surface area contributed by atoms with Gasteiger partial charge in [0.05, 0.1) is 36.4 Å². The van der Waals surface area contributed by atoms with Crippen molar-refractivity contribution in [3.63, 3.8) is 0 Å². The van der Waals surface area contributed by atoms with Gasteiger partial charge >= 0.3 is 6.18 Å². The molecule has 1 aromatic heterocycles. The molecule has 7 nitrogen and oxygen atoms in total. The second-order valence-electron chi connectivity index (χ2n) is 9.67. The predicted molar refractivity (Wildman–Crippen MR) is 126 cm³/mol. The molecular formula is C25H30F3N5O2. The zero-order chi connectivity index (χ0) is 24.4. The maximum atomic E-state index is 13.1. The Balaban J connectivity index is 1.07. The Morgan fingerprint density at radius 3 is 2.63 bits per heavy atom. The van der Waals surface area contributed by atoms with Crippen molar-refractivity contribution < 1.29 is 22.7 Å². The Bertz CT molecular complexity index is 1080. The number of carbonyl (C=O) groups excluding carboxylic acids is 1. The predicted octanol–water partition coefficient (Wildman–Crippen LogP) is 3.76. The molecule has 1 aromatic carbocycles. The number of nitrogens with zero attached hydrogens (tertiary/aromatic N) is 3. The molecule has 1 atom stereocenters. The number of benzene rings is 1. The van der Waals surface area contributed by atoms with Crippen molar-refractivity contribution in [1.82, 2.24) is 20.2 Å². The third-order valence-corrected chi connectivity index (χ3v) is 7.38. The molecule has 5 rings (SSSR count). The molecule has 10 heteroatoms. The number of alkyl halides is 3. The first kappa shape index (κ1) is 24.0. The van der Waals surface area contributed by atoms with Crippen molar-refractivity contribution >= 4 is 22.6 Å². The molecule has 2 aromatic rings. The number of fused-ring (bicyclic) bond motifs is 1. The number of likely N-dealkylation sites (tertiary alicyclic amines) is 1. The van der Waals surface area contributed by atoms with Gasteiger partial charge in [-0.15, -0.1) is 0 Å². The van der Waals surface area contributed by atoms with Crippen molar-refractivity contribution in [3.8, 4) is 0 Å². The molecule has 1 aliphatic carbocycles. The van der Waals surface area contributed by atoms with Crippen LogP contribution in [0.5, 0.6) is 0 Å². The monoisotopic (exact) mass is 489 g/mol. The first-order chi connectivity index (χ1) is 16.9. The van der Waals surface area contributed by atoms with Crippen LogP contribution < -0.4 is 10.6 Å². The van der Waals surface area contributed by atoms with Gasteiger partial charge in [0.15, 0.2) is 0 Å². The van der Waals surface area contributed by atoms with Crippen molar-refractivity contribution in [3.05, 3.63) is 42.2 Å². The molecule has 1 amide bonds. The third kappa shape index (κ3) is 5.59. The van der Waals surface area contributed by atoms with Crippen molar-refractivity contribution in [2.45, 2.75) is 56.5 Å². The highest BCUT2D eigenvalue weighted by molar-refractivity contribution is 5.91. The average Bonchev–Trinajstić information content (AvgIpc) is 2.84. The number of rotatable bonds is 6. The van der Waals surface area contributed by atoms with Gasteiger partial charge in [0.1, 0.15) is 12.1 Å². The lowest BCUT2D eigenvalue weighted by Gasteiger charge is -2.47. The smallest absolute Gasteiger partial charge is 0.374 e. The van der Waals surface area contributed by atoms with E-state index in [0.29, 0.717) is 23.6 Å². The van der Waals surface area contributed by atoms with Crippen molar-refractivity contribution in [1.29, 1.82) is 0 Å². The van der Waals surface area contributed by atoms with Crippen LogP contribution in [0.15, 0.2) is 36.7 Å². The number of aromatic nitrogens is 2. The summed E-state index contributed by atoms with van der Waals surface area (Å²) in [6.45, 7) is 2.32. The van der Waals surface area contributed by atoms with Crippen LogP contribution >= 0.6 is 0 Å². The van der Waals surface area contributed by atoms with Gasteiger partial charge in [0, 0.05) is 24.5 Å². The highest BCUT2D eigenvalue weighted by Gasteiger charge is 2.37. The Morgan fingerprint density at radius 1 is 1.11 bits per heavy atom. The Morgan fingerprint density at radius 2 is 1.91 bits per heavy atom. The first-order valence-corrected chi connectivity index (χ1v) is 12.2. The summed E-state index contributed by atoms with van der Waals surface area (Å²) in [6.07, 6.45) is 7.21. The van der Waals surface area contributed by atoms with E-state index in [4.69, 9.17) is 4.74 Å². The molecule has 1 saturated carbocycles. The van der Waals surface area contributed by atoms with Crippen molar-refractivity contribution in [2.75, 3.05) is 31.6 Å². The van der Waals surface area contributed by atoms with Crippen LogP contribution in [-0.4, -0.2) is 65.2 Å². The SMILES string of the molecule is O=C(CNc1ncnc2ccc(C(F)(F)F)cc12)NC1CN(C2CCC(C3CC=CCO3)CC2)C1. The molecule has 2 fully saturated rings. The Hall–Kier alpha value is -2.72. The van der Waals surface area contributed by atoms with Crippen molar-refractivity contribution in [2.24, 2.45) is 5.92 Å². The maximum absolute atomic E-state index is 13.1. The number of carbonyl (C=O) groups is 1. The van der Waals surface area contributed by atoms with Crippen LogP contribution in [-0.2, 0) is 15.7 Å². The summed E-state index contributed by atoms with van der Waals surface area (Å²) >= 11 is 0. The number of ether oxygens (including phenoxy) is 1. The Kier molecular flexibility index (Phi) is 6.93. The largest absolute Gasteiger partial charge is 0.416 e. The van der Waals surface area contributed by atoms with E-state index in [1.807, 2.05) is 0 Å². The zero-order valence-corrected chi connectivity index (χ0v) is 19.4. The number of anilines is 1. The van der Waals surface area contributed by atoms with E-state index in [2.05, 4.69) is 37.7 Å². The quantitative estimate of drug-likeness (QED) is 0.602. The number of hydrogen-bond donors (Lipinski definition) is 2. The first-order valence-electron chi connectivity index (χ1n) is 12.2. The molecule has 3 aliphatic rings. The minimum absolute atomic E-state index is 0.0696. The van der Waals surface area contributed by atoms with Gasteiger partial charge in [0.2, 0.25) is 5.91 Å². The van der Waals surface area contributed by atoms with Gasteiger partial charge in [-0.1, -0.05) is 12.2 Å². The molecule has 35 heavy (non-hydrogen) atoms. The van der Waals surface area contributed by atoms with Crippen LogP contribution in [0, 0.1) is 5.92 Å². The van der Waals surface area contributed by atoms with Crippen LogP contribution in [0.4, 0.5) is 19.0 Å². The standard InChI is InChI=1S/C25H30F3N5O2/c26-25(27,28)17-6-9-21-20(11-17)24(31-15-30-21)29-12-23(34)32-18-13-33(14-18)19-7-4-16(5-8-19)22-3-1-2-10-35-22/h1-2,6,9,11,15-16,18-19,22H,3-5,7-8,10,12-14H2,(H,32,34)(H,29,30,31). The van der Waals surface area contributed by atoms with E-state index < -0.39 is 11.7 Å². The molecule has 1 saturated heterocycles.